The fourth-order valence-electron chi connectivity index (χ4n) is 1.58. The van der Waals surface area contributed by atoms with E-state index in [1.165, 1.54) is 0 Å². The monoisotopic (exact) mass is 338 g/mol. The number of nitro groups is 1. The smallest absolute Gasteiger partial charge is 0.282 e. The maximum Gasteiger partial charge on any atom is 0.282 e. The van der Waals surface area contributed by atoms with Crippen LogP contribution in [0.1, 0.15) is 10.4 Å². The lowest BCUT2D eigenvalue weighted by atomic mass is 10.1. The molecule has 0 bridgehead atoms. The number of hydrogen-bond acceptors (Lipinski definition) is 3. The van der Waals surface area contributed by atoms with E-state index < -0.39 is 22.3 Å². The summed E-state index contributed by atoms with van der Waals surface area (Å²) in [6.45, 7) is 0. The zero-order chi connectivity index (χ0) is 14.7. The largest absolute Gasteiger partial charge is 0.322 e. The van der Waals surface area contributed by atoms with Crippen LogP contribution in [0.25, 0.3) is 0 Å². The molecule has 20 heavy (non-hydrogen) atoms. The molecule has 2 rings (SSSR count). The molecule has 0 saturated heterocycles. The number of nitro benzene ring substituents is 1. The van der Waals surface area contributed by atoms with E-state index in [2.05, 4.69) is 21.2 Å². The van der Waals surface area contributed by atoms with E-state index in [-0.39, 0.29) is 5.56 Å². The molecule has 0 atom stereocenters. The van der Waals surface area contributed by atoms with E-state index in [4.69, 9.17) is 0 Å². The molecule has 0 fully saturated rings. The highest BCUT2D eigenvalue weighted by Crippen LogP contribution is 2.21. The molecular formula is C13H8BrFN2O3. The van der Waals surface area contributed by atoms with Gasteiger partial charge in [-0.25, -0.2) is 4.39 Å². The topological polar surface area (TPSA) is 72.2 Å². The van der Waals surface area contributed by atoms with Crippen LogP contribution in [0.2, 0.25) is 0 Å². The second-order valence-corrected chi connectivity index (χ2v) is 4.80. The van der Waals surface area contributed by atoms with Crippen LogP contribution in [-0.2, 0) is 0 Å². The van der Waals surface area contributed by atoms with Crippen LogP contribution in [0.5, 0.6) is 0 Å². The van der Waals surface area contributed by atoms with E-state index in [0.717, 1.165) is 22.7 Å². The van der Waals surface area contributed by atoms with Crippen LogP contribution in [0.4, 0.5) is 15.8 Å². The third-order valence-electron chi connectivity index (χ3n) is 2.50. The lowest BCUT2D eigenvalue weighted by molar-refractivity contribution is -0.385. The number of anilines is 1. The van der Waals surface area contributed by atoms with Crippen molar-refractivity contribution >= 4 is 33.2 Å². The van der Waals surface area contributed by atoms with Gasteiger partial charge in [-0.2, -0.15) is 0 Å². The van der Waals surface area contributed by atoms with Crippen molar-refractivity contribution in [1.29, 1.82) is 0 Å². The third-order valence-corrected chi connectivity index (χ3v) is 3.03. The highest BCUT2D eigenvalue weighted by Gasteiger charge is 2.20. The van der Waals surface area contributed by atoms with Gasteiger partial charge in [-0.1, -0.05) is 15.9 Å². The minimum Gasteiger partial charge on any atom is -0.322 e. The van der Waals surface area contributed by atoms with Crippen molar-refractivity contribution in [2.75, 3.05) is 5.32 Å². The Bertz CT molecular complexity index is 674. The van der Waals surface area contributed by atoms with Crippen molar-refractivity contribution in [2.24, 2.45) is 0 Å². The van der Waals surface area contributed by atoms with E-state index in [1.54, 1.807) is 24.3 Å². The number of halogens is 2. The number of rotatable bonds is 3. The summed E-state index contributed by atoms with van der Waals surface area (Å²) in [6.07, 6.45) is 0. The van der Waals surface area contributed by atoms with Crippen molar-refractivity contribution in [3.63, 3.8) is 0 Å². The number of carbonyl (C=O) groups is 1. The molecule has 0 aliphatic heterocycles. The van der Waals surface area contributed by atoms with Crippen molar-refractivity contribution < 1.29 is 14.1 Å². The molecule has 0 saturated carbocycles. The lowest BCUT2D eigenvalue weighted by Gasteiger charge is -2.06. The highest BCUT2D eigenvalue weighted by molar-refractivity contribution is 9.10. The average Bonchev–Trinajstić information content (AvgIpc) is 2.41. The van der Waals surface area contributed by atoms with Crippen molar-refractivity contribution in [1.82, 2.24) is 0 Å². The van der Waals surface area contributed by atoms with Gasteiger partial charge in [-0.05, 0) is 36.4 Å². The standard InChI is InChI=1S/C13H8BrFN2O3/c14-8-1-4-10(5-2-8)16-13(18)11-7-9(15)3-6-12(11)17(19)20/h1-7H,(H,16,18). The van der Waals surface area contributed by atoms with Gasteiger partial charge in [0.15, 0.2) is 0 Å². The van der Waals surface area contributed by atoms with Gasteiger partial charge in [0.05, 0.1) is 4.92 Å². The Balaban J connectivity index is 2.31. The zero-order valence-electron chi connectivity index (χ0n) is 9.97. The van der Waals surface area contributed by atoms with Crippen molar-refractivity contribution in [2.45, 2.75) is 0 Å². The third kappa shape index (κ3) is 3.18. The Labute approximate surface area is 121 Å². The Hall–Kier alpha value is -2.28. The zero-order valence-corrected chi connectivity index (χ0v) is 11.6. The normalized spacial score (nSPS) is 10.1. The van der Waals surface area contributed by atoms with Crippen LogP contribution in [-0.4, -0.2) is 10.8 Å². The Kier molecular flexibility index (Phi) is 4.09. The summed E-state index contributed by atoms with van der Waals surface area (Å²) in [4.78, 5) is 22.1. The van der Waals surface area contributed by atoms with Gasteiger partial charge in [-0.3, -0.25) is 14.9 Å². The Morgan fingerprint density at radius 3 is 2.45 bits per heavy atom. The SMILES string of the molecule is O=C(Nc1ccc(Br)cc1)c1cc(F)ccc1[N+](=O)[O-]. The molecule has 2 aromatic carbocycles. The first-order valence-corrected chi connectivity index (χ1v) is 6.27. The highest BCUT2D eigenvalue weighted by atomic mass is 79.9. The maximum absolute atomic E-state index is 13.2. The summed E-state index contributed by atoms with van der Waals surface area (Å²) in [5, 5.41) is 13.3. The summed E-state index contributed by atoms with van der Waals surface area (Å²) < 4.78 is 14.0. The number of nitrogens with zero attached hydrogens (tertiary/aromatic N) is 1. The summed E-state index contributed by atoms with van der Waals surface area (Å²) in [5.41, 5.74) is -0.310. The molecule has 0 aliphatic carbocycles. The van der Waals surface area contributed by atoms with Gasteiger partial charge in [0, 0.05) is 16.2 Å². The summed E-state index contributed by atoms with van der Waals surface area (Å²) >= 11 is 3.25. The molecule has 2 aromatic rings. The lowest BCUT2D eigenvalue weighted by Crippen LogP contribution is -2.14. The molecule has 0 heterocycles. The van der Waals surface area contributed by atoms with Gasteiger partial charge >= 0.3 is 0 Å². The maximum atomic E-state index is 13.2. The van der Waals surface area contributed by atoms with E-state index >= 15 is 0 Å². The number of carbonyl (C=O) groups excluding carboxylic acids is 1. The van der Waals surface area contributed by atoms with Gasteiger partial charge in [0.25, 0.3) is 11.6 Å². The first kappa shape index (κ1) is 14.1. The second-order valence-electron chi connectivity index (χ2n) is 3.88. The molecule has 0 aliphatic rings. The summed E-state index contributed by atoms with van der Waals surface area (Å²) in [7, 11) is 0. The molecule has 0 unspecified atom stereocenters. The predicted octanol–water partition coefficient (Wildman–Crippen LogP) is 3.75. The molecule has 0 spiro atoms. The Morgan fingerprint density at radius 2 is 1.85 bits per heavy atom. The molecule has 0 radical (unpaired) electrons. The quantitative estimate of drug-likeness (QED) is 0.684. The minimum absolute atomic E-state index is 0.321. The predicted molar refractivity (Wildman–Crippen MR) is 75.1 cm³/mol. The van der Waals surface area contributed by atoms with Crippen molar-refractivity contribution in [3.8, 4) is 0 Å². The van der Waals surface area contributed by atoms with Crippen molar-refractivity contribution in [3.05, 3.63) is 68.4 Å². The summed E-state index contributed by atoms with van der Waals surface area (Å²) in [5.74, 6) is -1.45. The first-order valence-electron chi connectivity index (χ1n) is 5.48. The molecule has 102 valence electrons. The fraction of sp³-hybridized carbons (Fsp3) is 0. The Morgan fingerprint density at radius 1 is 1.20 bits per heavy atom. The molecule has 1 amide bonds. The number of nitrogens with one attached hydrogen (secondary N) is 1. The van der Waals surface area contributed by atoms with Crippen LogP contribution in [0.3, 0.4) is 0 Å². The first-order chi connectivity index (χ1) is 9.47. The van der Waals surface area contributed by atoms with E-state index in [1.807, 2.05) is 0 Å². The molecular weight excluding hydrogens is 331 g/mol. The fourth-order valence-corrected chi connectivity index (χ4v) is 1.85. The number of hydrogen-bond donors (Lipinski definition) is 1. The van der Waals surface area contributed by atoms with Crippen LogP contribution < -0.4 is 5.32 Å². The van der Waals surface area contributed by atoms with Gasteiger partial charge in [0.1, 0.15) is 11.4 Å². The van der Waals surface area contributed by atoms with Gasteiger partial charge in [-0.15, -0.1) is 0 Å². The molecule has 5 nitrogen and oxygen atoms in total. The van der Waals surface area contributed by atoms with E-state index in [9.17, 15) is 19.3 Å². The number of benzene rings is 2. The van der Waals surface area contributed by atoms with Gasteiger partial charge < -0.3 is 5.32 Å². The molecule has 7 heteroatoms. The van der Waals surface area contributed by atoms with Gasteiger partial charge in [0.2, 0.25) is 0 Å². The van der Waals surface area contributed by atoms with Crippen LogP contribution >= 0.6 is 15.9 Å². The van der Waals surface area contributed by atoms with E-state index in [0.29, 0.717) is 5.69 Å². The molecule has 0 aromatic heterocycles. The average molecular weight is 339 g/mol. The van der Waals surface area contributed by atoms with Crippen LogP contribution in [0, 0.1) is 15.9 Å². The number of amides is 1. The van der Waals surface area contributed by atoms with Crippen LogP contribution in [0.15, 0.2) is 46.9 Å². The second kappa shape index (κ2) is 5.79. The molecule has 1 N–H and O–H groups in total. The minimum atomic E-state index is -0.737. The summed E-state index contributed by atoms with van der Waals surface area (Å²) in [6, 6.07) is 9.39.